The van der Waals surface area contributed by atoms with Crippen LogP contribution in [-0.2, 0) is 9.59 Å². The van der Waals surface area contributed by atoms with E-state index in [4.69, 9.17) is 5.73 Å². The molecule has 1 heterocycles. The van der Waals surface area contributed by atoms with Crippen LogP contribution in [-0.4, -0.2) is 29.9 Å². The highest BCUT2D eigenvalue weighted by atomic mass is 16.2. The molecule has 0 aromatic heterocycles. The average molecular weight is 380 g/mol. The third-order valence-electron chi connectivity index (χ3n) is 5.54. The highest BCUT2D eigenvalue weighted by molar-refractivity contribution is 6.03. The minimum Gasteiger partial charge on any atom is -0.350 e. The molecule has 0 radical (unpaired) electrons. The van der Waals surface area contributed by atoms with Crippen molar-refractivity contribution < 1.29 is 9.59 Å². The summed E-state index contributed by atoms with van der Waals surface area (Å²) < 4.78 is 0. The van der Waals surface area contributed by atoms with Gasteiger partial charge in [0.25, 0.3) is 0 Å². The molecule has 0 fully saturated rings. The fraction of sp³-hybridized carbons (Fsp3) is 0.391. The fourth-order valence-corrected chi connectivity index (χ4v) is 3.64. The number of nitrogens with one attached hydrogen (secondary N) is 1. The maximum Gasteiger partial charge on any atom is 0.244 e. The van der Waals surface area contributed by atoms with Crippen molar-refractivity contribution in [3.8, 4) is 0 Å². The highest BCUT2D eigenvalue weighted by Crippen LogP contribution is 2.38. The van der Waals surface area contributed by atoms with Gasteiger partial charge in [0.15, 0.2) is 0 Å². The summed E-state index contributed by atoms with van der Waals surface area (Å²) in [4.78, 5) is 27.3. The van der Waals surface area contributed by atoms with Gasteiger partial charge in [0.1, 0.15) is 6.54 Å². The minimum atomic E-state index is -0.662. The molecule has 2 amide bonds. The number of carbonyl (C=O) groups excluding carboxylic acids is 2. The second-order valence-corrected chi connectivity index (χ2v) is 8.07. The summed E-state index contributed by atoms with van der Waals surface area (Å²) in [6.07, 6.45) is 1.32. The van der Waals surface area contributed by atoms with Crippen molar-refractivity contribution in [1.82, 2.24) is 5.32 Å². The van der Waals surface area contributed by atoms with Crippen LogP contribution in [0.2, 0.25) is 0 Å². The van der Waals surface area contributed by atoms with Gasteiger partial charge in [0, 0.05) is 17.1 Å². The van der Waals surface area contributed by atoms with Gasteiger partial charge in [-0.15, -0.1) is 0 Å². The van der Waals surface area contributed by atoms with Gasteiger partial charge in [0.2, 0.25) is 11.8 Å². The molecule has 28 heavy (non-hydrogen) atoms. The van der Waals surface area contributed by atoms with Crippen LogP contribution in [0.3, 0.4) is 0 Å². The molecule has 0 saturated carbocycles. The Balaban J connectivity index is 1.98. The smallest absolute Gasteiger partial charge is 0.244 e. The molecule has 5 heteroatoms. The Kier molecular flexibility index (Phi) is 5.84. The third kappa shape index (κ3) is 4.25. The number of rotatable bonds is 5. The molecule has 2 aromatic rings. The van der Waals surface area contributed by atoms with E-state index in [-0.39, 0.29) is 29.8 Å². The first-order valence-corrected chi connectivity index (χ1v) is 9.84. The average Bonchev–Trinajstić information content (AvgIpc) is 2.79. The van der Waals surface area contributed by atoms with Crippen LogP contribution in [0, 0.1) is 0 Å². The van der Waals surface area contributed by atoms with Crippen molar-refractivity contribution >= 4 is 17.5 Å². The third-order valence-corrected chi connectivity index (χ3v) is 5.54. The van der Waals surface area contributed by atoms with Crippen LogP contribution in [0.1, 0.15) is 50.7 Å². The summed E-state index contributed by atoms with van der Waals surface area (Å²) >= 11 is 0. The lowest BCUT2D eigenvalue weighted by Crippen LogP contribution is -2.51. The summed E-state index contributed by atoms with van der Waals surface area (Å²) in [5.74, 6) is -0.382. The largest absolute Gasteiger partial charge is 0.350 e. The number of para-hydroxylation sites is 1. The maximum absolute atomic E-state index is 13.1. The first-order chi connectivity index (χ1) is 13.3. The Morgan fingerprint density at radius 3 is 2.46 bits per heavy atom. The Labute approximate surface area is 166 Å². The molecule has 2 unspecified atom stereocenters. The molecule has 0 bridgehead atoms. The Morgan fingerprint density at radius 2 is 1.79 bits per heavy atom. The number of anilines is 1. The van der Waals surface area contributed by atoms with Crippen LogP contribution >= 0.6 is 0 Å². The van der Waals surface area contributed by atoms with Crippen LogP contribution in [0.4, 0.5) is 5.69 Å². The predicted octanol–water partition coefficient (Wildman–Crippen LogP) is 3.19. The van der Waals surface area contributed by atoms with Crippen molar-refractivity contribution in [2.45, 2.75) is 51.1 Å². The second-order valence-electron chi connectivity index (χ2n) is 8.07. The topological polar surface area (TPSA) is 75.4 Å². The molecule has 3 N–H and O–H groups in total. The standard InChI is InChI=1S/C23H29N3O2/c1-4-23(2,3)25-21(27)15-26-20-13-9-8-12-17(20)18(14-19(24)22(26)28)16-10-6-5-7-11-16/h5-13,18-19H,4,14-15,24H2,1-3H3,(H,25,27). The van der Waals surface area contributed by atoms with Gasteiger partial charge < -0.3 is 16.0 Å². The monoisotopic (exact) mass is 379 g/mol. The summed E-state index contributed by atoms with van der Waals surface area (Å²) in [5, 5.41) is 3.01. The SMILES string of the molecule is CCC(C)(C)NC(=O)CN1C(=O)C(N)CC(c2ccccc2)c2ccccc21. The lowest BCUT2D eigenvalue weighted by molar-refractivity contribution is -0.125. The van der Waals surface area contributed by atoms with E-state index in [1.807, 2.05) is 63.2 Å². The van der Waals surface area contributed by atoms with E-state index in [1.54, 1.807) is 4.90 Å². The van der Waals surface area contributed by atoms with Crippen LogP contribution in [0.25, 0.3) is 0 Å². The van der Waals surface area contributed by atoms with Gasteiger partial charge in [-0.05, 0) is 43.9 Å². The molecule has 0 aliphatic carbocycles. The summed E-state index contributed by atoms with van der Waals surface area (Å²) in [5.41, 5.74) is 8.87. The van der Waals surface area contributed by atoms with Gasteiger partial charge in [0.05, 0.1) is 6.04 Å². The van der Waals surface area contributed by atoms with E-state index in [9.17, 15) is 9.59 Å². The van der Waals surface area contributed by atoms with Gasteiger partial charge >= 0.3 is 0 Å². The number of benzene rings is 2. The predicted molar refractivity (Wildman–Crippen MR) is 112 cm³/mol. The molecule has 2 aromatic carbocycles. The van der Waals surface area contributed by atoms with Crippen molar-refractivity contribution in [2.75, 3.05) is 11.4 Å². The quantitative estimate of drug-likeness (QED) is 0.838. The molecule has 2 atom stereocenters. The van der Waals surface area contributed by atoms with Gasteiger partial charge in [-0.3, -0.25) is 9.59 Å². The zero-order valence-electron chi connectivity index (χ0n) is 16.8. The highest BCUT2D eigenvalue weighted by Gasteiger charge is 2.35. The fourth-order valence-electron chi connectivity index (χ4n) is 3.64. The zero-order valence-corrected chi connectivity index (χ0v) is 16.8. The van der Waals surface area contributed by atoms with Crippen LogP contribution in [0.5, 0.6) is 0 Å². The van der Waals surface area contributed by atoms with E-state index in [2.05, 4.69) is 17.4 Å². The molecule has 1 aliphatic heterocycles. The first kappa shape index (κ1) is 20.1. The number of hydrogen-bond acceptors (Lipinski definition) is 3. The molecular weight excluding hydrogens is 350 g/mol. The molecular formula is C23H29N3O2. The lowest BCUT2D eigenvalue weighted by Gasteiger charge is -2.28. The molecule has 1 aliphatic rings. The van der Waals surface area contributed by atoms with Crippen molar-refractivity contribution in [3.05, 3.63) is 65.7 Å². The van der Waals surface area contributed by atoms with E-state index < -0.39 is 6.04 Å². The number of nitrogens with zero attached hydrogens (tertiary/aromatic N) is 1. The molecule has 0 saturated heterocycles. The van der Waals surface area contributed by atoms with E-state index in [1.165, 1.54) is 0 Å². The zero-order chi connectivity index (χ0) is 20.3. The number of amides is 2. The maximum atomic E-state index is 13.1. The summed E-state index contributed by atoms with van der Waals surface area (Å²) in [6.45, 7) is 5.93. The molecule has 0 spiro atoms. The molecule has 148 valence electrons. The summed E-state index contributed by atoms with van der Waals surface area (Å²) in [7, 11) is 0. The lowest BCUT2D eigenvalue weighted by atomic mass is 9.86. The van der Waals surface area contributed by atoms with E-state index in [0.29, 0.717) is 6.42 Å². The molecule has 5 nitrogen and oxygen atoms in total. The number of carbonyl (C=O) groups is 2. The van der Waals surface area contributed by atoms with E-state index >= 15 is 0 Å². The van der Waals surface area contributed by atoms with Crippen LogP contribution in [0.15, 0.2) is 54.6 Å². The Bertz CT molecular complexity index is 848. The first-order valence-electron chi connectivity index (χ1n) is 9.84. The van der Waals surface area contributed by atoms with Crippen molar-refractivity contribution in [1.29, 1.82) is 0 Å². The number of hydrogen-bond donors (Lipinski definition) is 2. The van der Waals surface area contributed by atoms with Gasteiger partial charge in [-0.25, -0.2) is 0 Å². The van der Waals surface area contributed by atoms with Crippen molar-refractivity contribution in [2.24, 2.45) is 5.73 Å². The second kappa shape index (κ2) is 8.15. The van der Waals surface area contributed by atoms with Crippen molar-refractivity contribution in [3.63, 3.8) is 0 Å². The normalized spacial score (nSPS) is 19.7. The number of nitrogens with two attached hydrogens (primary N) is 1. The van der Waals surface area contributed by atoms with Crippen LogP contribution < -0.4 is 16.0 Å². The van der Waals surface area contributed by atoms with E-state index in [0.717, 1.165) is 23.2 Å². The molecule has 3 rings (SSSR count). The Hall–Kier alpha value is -2.66. The Morgan fingerprint density at radius 1 is 1.14 bits per heavy atom. The minimum absolute atomic E-state index is 0.0106. The number of fused-ring (bicyclic) bond motifs is 1. The summed E-state index contributed by atoms with van der Waals surface area (Å²) in [6, 6.07) is 17.2. The van der Waals surface area contributed by atoms with Gasteiger partial charge in [-0.2, -0.15) is 0 Å². The van der Waals surface area contributed by atoms with Gasteiger partial charge in [-0.1, -0.05) is 55.5 Å².